The molecule has 0 aliphatic rings. The standard InChI is InChI=1S/C23H30N2O3S/c1-5-21(23(27)24-3)25(14-18-10-12-20(28-4)13-11-18)22(26)16-29-15-19-9-7-6-8-17(19)2/h6-13,21H,5,14-16H2,1-4H3,(H,24,27)/t21-/m1/s1. The number of amides is 2. The van der Waals surface area contributed by atoms with Crippen molar-refractivity contribution in [3.8, 4) is 5.75 Å². The molecule has 0 saturated carbocycles. The third kappa shape index (κ3) is 6.53. The highest BCUT2D eigenvalue weighted by Gasteiger charge is 2.27. The zero-order valence-electron chi connectivity index (χ0n) is 17.6. The number of rotatable bonds is 10. The van der Waals surface area contributed by atoms with E-state index in [-0.39, 0.29) is 11.8 Å². The van der Waals surface area contributed by atoms with Crippen molar-refractivity contribution in [3.63, 3.8) is 0 Å². The number of nitrogens with one attached hydrogen (secondary N) is 1. The molecule has 0 fully saturated rings. The maximum Gasteiger partial charge on any atom is 0.242 e. The summed E-state index contributed by atoms with van der Waals surface area (Å²) in [6, 6.07) is 15.3. The summed E-state index contributed by atoms with van der Waals surface area (Å²) < 4.78 is 5.20. The molecule has 1 atom stereocenters. The molecule has 156 valence electrons. The molecule has 6 heteroatoms. The number of likely N-dealkylation sites (N-methyl/N-ethyl adjacent to an activating group) is 1. The molecule has 0 aromatic heterocycles. The van der Waals surface area contributed by atoms with E-state index in [1.807, 2.05) is 43.3 Å². The lowest BCUT2D eigenvalue weighted by Crippen LogP contribution is -2.48. The predicted octanol–water partition coefficient (Wildman–Crippen LogP) is 3.79. The molecule has 1 N–H and O–H groups in total. The van der Waals surface area contributed by atoms with Crippen molar-refractivity contribution < 1.29 is 14.3 Å². The van der Waals surface area contributed by atoms with Crippen molar-refractivity contribution in [2.45, 2.75) is 38.6 Å². The minimum atomic E-state index is -0.492. The Balaban J connectivity index is 2.10. The number of hydrogen-bond acceptors (Lipinski definition) is 4. The number of carbonyl (C=O) groups excluding carboxylic acids is 2. The van der Waals surface area contributed by atoms with Gasteiger partial charge in [-0.15, -0.1) is 11.8 Å². The molecule has 2 amide bonds. The third-order valence-corrected chi connectivity index (χ3v) is 5.85. The van der Waals surface area contributed by atoms with E-state index in [2.05, 4.69) is 24.4 Å². The summed E-state index contributed by atoms with van der Waals surface area (Å²) in [6.07, 6.45) is 0.560. The van der Waals surface area contributed by atoms with Gasteiger partial charge in [-0.2, -0.15) is 0 Å². The molecule has 0 spiro atoms. The van der Waals surface area contributed by atoms with Crippen LogP contribution in [-0.2, 0) is 21.9 Å². The Bertz CT molecular complexity index is 808. The van der Waals surface area contributed by atoms with E-state index in [1.54, 1.807) is 30.8 Å². The van der Waals surface area contributed by atoms with Crippen LogP contribution in [0.5, 0.6) is 5.75 Å². The van der Waals surface area contributed by atoms with Crippen molar-refractivity contribution in [1.29, 1.82) is 0 Å². The van der Waals surface area contributed by atoms with Gasteiger partial charge in [-0.1, -0.05) is 43.3 Å². The maximum absolute atomic E-state index is 13.1. The predicted molar refractivity (Wildman–Crippen MR) is 119 cm³/mol. The summed E-state index contributed by atoms with van der Waals surface area (Å²) in [5, 5.41) is 2.69. The molecular weight excluding hydrogens is 384 g/mol. The van der Waals surface area contributed by atoms with Crippen LogP contribution in [0.4, 0.5) is 0 Å². The van der Waals surface area contributed by atoms with Crippen LogP contribution in [0, 0.1) is 6.92 Å². The fourth-order valence-corrected chi connectivity index (χ4v) is 4.10. The first-order valence-corrected chi connectivity index (χ1v) is 10.9. The second-order valence-electron chi connectivity index (χ2n) is 6.83. The Labute approximate surface area is 177 Å². The van der Waals surface area contributed by atoms with Gasteiger partial charge in [0.15, 0.2) is 0 Å². The van der Waals surface area contributed by atoms with E-state index < -0.39 is 6.04 Å². The van der Waals surface area contributed by atoms with Crippen molar-refractivity contribution in [2.75, 3.05) is 19.9 Å². The summed E-state index contributed by atoms with van der Waals surface area (Å²) >= 11 is 1.58. The number of ether oxygens (including phenoxy) is 1. The summed E-state index contributed by atoms with van der Waals surface area (Å²) in [7, 11) is 3.23. The van der Waals surface area contributed by atoms with Crippen LogP contribution in [-0.4, -0.2) is 42.7 Å². The third-order valence-electron chi connectivity index (χ3n) is 4.89. The molecule has 0 bridgehead atoms. The van der Waals surface area contributed by atoms with Gasteiger partial charge >= 0.3 is 0 Å². The Morgan fingerprint density at radius 2 is 1.83 bits per heavy atom. The minimum Gasteiger partial charge on any atom is -0.497 e. The van der Waals surface area contributed by atoms with Crippen molar-refractivity contribution in [3.05, 3.63) is 65.2 Å². The maximum atomic E-state index is 13.1. The normalized spacial score (nSPS) is 11.6. The van der Waals surface area contributed by atoms with E-state index in [1.165, 1.54) is 11.1 Å². The molecule has 0 aliphatic heterocycles. The van der Waals surface area contributed by atoms with Gasteiger partial charge in [-0.05, 0) is 42.2 Å². The summed E-state index contributed by atoms with van der Waals surface area (Å²) in [6.45, 7) is 4.39. The number of hydrogen-bond donors (Lipinski definition) is 1. The lowest BCUT2D eigenvalue weighted by atomic mass is 10.1. The second kappa shape index (κ2) is 11.5. The first-order chi connectivity index (χ1) is 14.0. The molecule has 0 aliphatic carbocycles. The lowest BCUT2D eigenvalue weighted by Gasteiger charge is -2.30. The quantitative estimate of drug-likeness (QED) is 0.643. The van der Waals surface area contributed by atoms with Crippen molar-refractivity contribution in [2.24, 2.45) is 0 Å². The molecule has 2 rings (SSSR count). The monoisotopic (exact) mass is 414 g/mol. The van der Waals surface area contributed by atoms with Gasteiger partial charge in [0.05, 0.1) is 12.9 Å². The lowest BCUT2D eigenvalue weighted by molar-refractivity contribution is -0.139. The smallest absolute Gasteiger partial charge is 0.242 e. The Hall–Kier alpha value is -2.47. The average molecular weight is 415 g/mol. The molecule has 0 unspecified atom stereocenters. The number of methoxy groups -OCH3 is 1. The SMILES string of the molecule is CC[C@H](C(=O)NC)N(Cc1ccc(OC)cc1)C(=O)CSCc1ccccc1C. The highest BCUT2D eigenvalue weighted by atomic mass is 32.2. The van der Waals surface area contributed by atoms with E-state index in [0.29, 0.717) is 18.7 Å². The molecule has 2 aromatic carbocycles. The van der Waals surface area contributed by atoms with Gasteiger partial charge < -0.3 is 15.0 Å². The van der Waals surface area contributed by atoms with E-state index in [9.17, 15) is 9.59 Å². The van der Waals surface area contributed by atoms with Crippen molar-refractivity contribution >= 4 is 23.6 Å². The Morgan fingerprint density at radius 3 is 2.41 bits per heavy atom. The van der Waals surface area contributed by atoms with Crippen LogP contribution in [0.2, 0.25) is 0 Å². The van der Waals surface area contributed by atoms with Crippen LogP contribution < -0.4 is 10.1 Å². The molecule has 29 heavy (non-hydrogen) atoms. The van der Waals surface area contributed by atoms with Crippen LogP contribution in [0.15, 0.2) is 48.5 Å². The van der Waals surface area contributed by atoms with Gasteiger partial charge in [-0.3, -0.25) is 9.59 Å². The first-order valence-electron chi connectivity index (χ1n) is 9.76. The molecule has 2 aromatic rings. The summed E-state index contributed by atoms with van der Waals surface area (Å²) in [4.78, 5) is 27.1. The summed E-state index contributed by atoms with van der Waals surface area (Å²) in [5.74, 6) is 1.69. The molecule has 0 heterocycles. The number of carbonyl (C=O) groups is 2. The van der Waals surface area contributed by atoms with Gasteiger partial charge in [0.25, 0.3) is 0 Å². The van der Waals surface area contributed by atoms with Gasteiger partial charge in [0.1, 0.15) is 11.8 Å². The van der Waals surface area contributed by atoms with Crippen LogP contribution in [0.1, 0.15) is 30.0 Å². The fraction of sp³-hybridized carbons (Fsp3) is 0.391. The number of benzene rings is 2. The topological polar surface area (TPSA) is 58.6 Å². The Morgan fingerprint density at radius 1 is 1.14 bits per heavy atom. The Kier molecular flexibility index (Phi) is 9.06. The van der Waals surface area contributed by atoms with Crippen LogP contribution in [0.3, 0.4) is 0 Å². The first kappa shape index (κ1) is 22.8. The fourth-order valence-electron chi connectivity index (χ4n) is 3.12. The highest BCUT2D eigenvalue weighted by Crippen LogP contribution is 2.20. The minimum absolute atomic E-state index is 0.0325. The average Bonchev–Trinajstić information content (AvgIpc) is 2.75. The zero-order chi connectivity index (χ0) is 21.2. The largest absolute Gasteiger partial charge is 0.497 e. The van der Waals surface area contributed by atoms with Gasteiger partial charge in [0.2, 0.25) is 11.8 Å². The molecule has 0 radical (unpaired) electrons. The number of thioether (sulfide) groups is 1. The zero-order valence-corrected chi connectivity index (χ0v) is 18.4. The second-order valence-corrected chi connectivity index (χ2v) is 7.81. The van der Waals surface area contributed by atoms with E-state index in [0.717, 1.165) is 17.1 Å². The molecule has 5 nitrogen and oxygen atoms in total. The van der Waals surface area contributed by atoms with E-state index in [4.69, 9.17) is 4.74 Å². The van der Waals surface area contributed by atoms with Gasteiger partial charge in [-0.25, -0.2) is 0 Å². The molecular formula is C23H30N2O3S. The molecule has 0 saturated heterocycles. The van der Waals surface area contributed by atoms with Gasteiger partial charge in [0, 0.05) is 19.3 Å². The van der Waals surface area contributed by atoms with Crippen LogP contribution in [0.25, 0.3) is 0 Å². The number of aryl methyl sites for hydroxylation is 1. The number of nitrogens with zero attached hydrogens (tertiary/aromatic N) is 1. The van der Waals surface area contributed by atoms with Crippen molar-refractivity contribution in [1.82, 2.24) is 10.2 Å². The van der Waals surface area contributed by atoms with Crippen LogP contribution >= 0.6 is 11.8 Å². The summed E-state index contributed by atoms with van der Waals surface area (Å²) in [5.41, 5.74) is 3.41. The van der Waals surface area contributed by atoms with E-state index >= 15 is 0 Å². The highest BCUT2D eigenvalue weighted by molar-refractivity contribution is 7.99.